The molecular weight excluding hydrogens is 283 g/mol. The van der Waals surface area contributed by atoms with Crippen molar-refractivity contribution in [3.63, 3.8) is 0 Å². The number of halogens is 2. The third-order valence-electron chi connectivity index (χ3n) is 2.90. The average molecular weight is 303 g/mol. The Hall–Kier alpha value is -0.610. The number of nitrogens with zero attached hydrogens (tertiary/aromatic N) is 2. The fourth-order valence-electron chi connectivity index (χ4n) is 1.63. The second kappa shape index (κ2) is 7.85. The molecule has 0 atom stereocenters. The minimum absolute atomic E-state index is 0.0317. The third-order valence-corrected chi connectivity index (χ3v) is 3.72. The van der Waals surface area contributed by atoms with Crippen LogP contribution >= 0.6 is 23.2 Å². The summed E-state index contributed by atoms with van der Waals surface area (Å²) in [5.41, 5.74) is 0.509. The second-order valence-electron chi connectivity index (χ2n) is 4.88. The predicted molar refractivity (Wildman–Crippen MR) is 81.5 cm³/mol. The Labute approximate surface area is 125 Å². The van der Waals surface area contributed by atoms with Gasteiger partial charge in [0.1, 0.15) is 0 Å². The lowest BCUT2D eigenvalue weighted by Crippen LogP contribution is -2.30. The molecule has 0 saturated heterocycles. The van der Waals surface area contributed by atoms with Crippen LogP contribution in [0.25, 0.3) is 0 Å². The fourth-order valence-corrected chi connectivity index (χ4v) is 2.03. The molecule has 0 aliphatic rings. The fraction of sp³-hybridized carbons (Fsp3) is 0.500. The molecule has 0 aromatic heterocycles. The van der Waals surface area contributed by atoms with Crippen LogP contribution in [-0.2, 0) is 0 Å². The van der Waals surface area contributed by atoms with Crippen LogP contribution in [-0.4, -0.2) is 56.4 Å². The summed E-state index contributed by atoms with van der Waals surface area (Å²) in [6.45, 7) is 2.63. The van der Waals surface area contributed by atoms with Crippen LogP contribution in [0.2, 0.25) is 10.0 Å². The van der Waals surface area contributed by atoms with E-state index >= 15 is 0 Å². The molecule has 106 valence electrons. The van der Waals surface area contributed by atoms with Crippen LogP contribution < -0.4 is 0 Å². The predicted octanol–water partition coefficient (Wildman–Crippen LogP) is 3.06. The van der Waals surface area contributed by atoms with E-state index in [0.717, 1.165) is 19.6 Å². The smallest absolute Gasteiger partial charge is 0.165 e. The molecule has 0 amide bonds. The highest BCUT2D eigenvalue weighted by Gasteiger charge is 2.13. The van der Waals surface area contributed by atoms with Crippen molar-refractivity contribution in [3.05, 3.63) is 33.8 Å². The van der Waals surface area contributed by atoms with E-state index in [0.29, 0.717) is 22.0 Å². The first-order chi connectivity index (χ1) is 8.91. The first kappa shape index (κ1) is 16.4. The number of carbonyl (C=O) groups excluding carboxylic acids is 1. The summed E-state index contributed by atoms with van der Waals surface area (Å²) in [6, 6.07) is 5.15. The van der Waals surface area contributed by atoms with E-state index < -0.39 is 0 Å². The lowest BCUT2D eigenvalue weighted by molar-refractivity contribution is 0.0968. The third kappa shape index (κ3) is 5.49. The van der Waals surface area contributed by atoms with Gasteiger partial charge in [-0.05, 0) is 33.3 Å². The standard InChI is InChI=1S/C14H20Cl2N2O/c1-17(2)9-10-18(3)8-7-13(19)11-5-4-6-12(15)14(11)16/h4-6H,7-10H2,1-3H3. The molecule has 0 aliphatic heterocycles. The number of benzene rings is 1. The lowest BCUT2D eigenvalue weighted by atomic mass is 10.1. The van der Waals surface area contributed by atoms with Gasteiger partial charge in [-0.1, -0.05) is 29.3 Å². The molecule has 0 radical (unpaired) electrons. The summed E-state index contributed by atoms with van der Waals surface area (Å²) in [7, 11) is 6.08. The van der Waals surface area contributed by atoms with Crippen molar-refractivity contribution in [1.82, 2.24) is 9.80 Å². The van der Waals surface area contributed by atoms with Gasteiger partial charge in [0.25, 0.3) is 0 Å². The highest BCUT2D eigenvalue weighted by atomic mass is 35.5. The number of hydrogen-bond donors (Lipinski definition) is 0. The summed E-state index contributed by atoms with van der Waals surface area (Å²) in [6.07, 6.45) is 0.448. The van der Waals surface area contributed by atoms with E-state index in [9.17, 15) is 4.79 Å². The molecule has 3 nitrogen and oxygen atoms in total. The topological polar surface area (TPSA) is 23.6 Å². The molecule has 0 heterocycles. The monoisotopic (exact) mass is 302 g/mol. The minimum atomic E-state index is 0.0317. The van der Waals surface area contributed by atoms with Crippen LogP contribution in [0.15, 0.2) is 18.2 Å². The maximum atomic E-state index is 12.1. The summed E-state index contributed by atoms with van der Waals surface area (Å²) < 4.78 is 0. The van der Waals surface area contributed by atoms with E-state index in [1.54, 1.807) is 18.2 Å². The summed E-state index contributed by atoms with van der Waals surface area (Å²) in [5.74, 6) is 0.0317. The summed E-state index contributed by atoms with van der Waals surface area (Å²) >= 11 is 11.9. The van der Waals surface area contributed by atoms with Crippen LogP contribution in [0.5, 0.6) is 0 Å². The SMILES string of the molecule is CN(C)CCN(C)CCC(=O)c1cccc(Cl)c1Cl. The normalized spacial score (nSPS) is 11.3. The van der Waals surface area contributed by atoms with Gasteiger partial charge < -0.3 is 9.80 Å². The van der Waals surface area contributed by atoms with Crippen LogP contribution in [0.3, 0.4) is 0 Å². The van der Waals surface area contributed by atoms with Gasteiger partial charge in [-0.25, -0.2) is 0 Å². The van der Waals surface area contributed by atoms with E-state index in [-0.39, 0.29) is 5.78 Å². The molecule has 0 saturated carbocycles. The molecule has 1 aromatic carbocycles. The van der Waals surface area contributed by atoms with Crippen LogP contribution in [0, 0.1) is 0 Å². The van der Waals surface area contributed by atoms with Crippen molar-refractivity contribution in [2.24, 2.45) is 0 Å². The van der Waals surface area contributed by atoms with Gasteiger partial charge in [0.2, 0.25) is 0 Å². The summed E-state index contributed by atoms with van der Waals surface area (Å²) in [4.78, 5) is 16.3. The number of Topliss-reactive ketones (excluding diaryl/α,β-unsaturated/α-hetero) is 1. The molecule has 0 aliphatic carbocycles. The van der Waals surface area contributed by atoms with Crippen molar-refractivity contribution in [3.8, 4) is 0 Å². The Kier molecular flexibility index (Phi) is 6.80. The van der Waals surface area contributed by atoms with Crippen molar-refractivity contribution in [2.75, 3.05) is 40.8 Å². The minimum Gasteiger partial charge on any atom is -0.308 e. The Morgan fingerprint density at radius 2 is 1.79 bits per heavy atom. The zero-order chi connectivity index (χ0) is 14.4. The van der Waals surface area contributed by atoms with Gasteiger partial charge in [-0.15, -0.1) is 0 Å². The van der Waals surface area contributed by atoms with Crippen molar-refractivity contribution in [2.45, 2.75) is 6.42 Å². The van der Waals surface area contributed by atoms with Crippen molar-refractivity contribution < 1.29 is 4.79 Å². The summed E-state index contributed by atoms with van der Waals surface area (Å²) in [5, 5.41) is 0.776. The maximum absolute atomic E-state index is 12.1. The first-order valence-corrected chi connectivity index (χ1v) is 6.98. The zero-order valence-electron chi connectivity index (χ0n) is 11.6. The number of likely N-dealkylation sites (N-methyl/N-ethyl adjacent to an activating group) is 2. The van der Waals surface area contributed by atoms with Crippen LogP contribution in [0.4, 0.5) is 0 Å². The van der Waals surface area contributed by atoms with Gasteiger partial charge in [0.15, 0.2) is 5.78 Å². The number of carbonyl (C=O) groups is 1. The van der Waals surface area contributed by atoms with E-state index in [1.165, 1.54) is 0 Å². The quantitative estimate of drug-likeness (QED) is 0.723. The molecule has 0 N–H and O–H groups in total. The average Bonchev–Trinajstić information content (AvgIpc) is 2.36. The molecule has 1 aromatic rings. The molecular formula is C14H20Cl2N2O. The van der Waals surface area contributed by atoms with Crippen molar-refractivity contribution >= 4 is 29.0 Å². The van der Waals surface area contributed by atoms with E-state index in [2.05, 4.69) is 9.80 Å². The molecule has 0 bridgehead atoms. The number of ketones is 1. The second-order valence-corrected chi connectivity index (χ2v) is 5.67. The van der Waals surface area contributed by atoms with Crippen molar-refractivity contribution in [1.29, 1.82) is 0 Å². The molecule has 0 spiro atoms. The first-order valence-electron chi connectivity index (χ1n) is 6.22. The molecule has 0 fully saturated rings. The van der Waals surface area contributed by atoms with Crippen LogP contribution in [0.1, 0.15) is 16.8 Å². The highest BCUT2D eigenvalue weighted by molar-refractivity contribution is 6.43. The molecule has 19 heavy (non-hydrogen) atoms. The Bertz CT molecular complexity index is 435. The van der Waals surface area contributed by atoms with Gasteiger partial charge >= 0.3 is 0 Å². The van der Waals surface area contributed by atoms with Gasteiger partial charge in [0, 0.05) is 31.6 Å². The Morgan fingerprint density at radius 1 is 1.11 bits per heavy atom. The largest absolute Gasteiger partial charge is 0.308 e. The number of hydrogen-bond acceptors (Lipinski definition) is 3. The Morgan fingerprint density at radius 3 is 2.42 bits per heavy atom. The van der Waals surface area contributed by atoms with Gasteiger partial charge in [-0.2, -0.15) is 0 Å². The highest BCUT2D eigenvalue weighted by Crippen LogP contribution is 2.26. The zero-order valence-corrected chi connectivity index (χ0v) is 13.1. The molecule has 0 unspecified atom stereocenters. The maximum Gasteiger partial charge on any atom is 0.165 e. The Balaban J connectivity index is 2.49. The van der Waals surface area contributed by atoms with E-state index in [4.69, 9.17) is 23.2 Å². The van der Waals surface area contributed by atoms with E-state index in [1.807, 2.05) is 21.1 Å². The lowest BCUT2D eigenvalue weighted by Gasteiger charge is -2.18. The molecule has 1 rings (SSSR count). The molecule has 5 heteroatoms. The number of rotatable bonds is 7. The van der Waals surface area contributed by atoms with Gasteiger partial charge in [-0.3, -0.25) is 4.79 Å². The van der Waals surface area contributed by atoms with Gasteiger partial charge in [0.05, 0.1) is 10.0 Å².